The maximum Gasteiger partial charge on any atom is 0.454 e. The third-order valence-corrected chi connectivity index (χ3v) is 6.87. The Morgan fingerprint density at radius 3 is 2.69 bits per heavy atom. The zero-order valence-electron chi connectivity index (χ0n) is 9.20. The van der Waals surface area contributed by atoms with E-state index >= 15 is 0 Å². The number of hydrogen-bond donors (Lipinski definition) is 2. The first kappa shape index (κ1) is 12.8. The Morgan fingerprint density at radius 1 is 1.38 bits per heavy atom. The van der Waals surface area contributed by atoms with Gasteiger partial charge in [-0.05, 0) is 36.8 Å². The van der Waals surface area contributed by atoms with Crippen LogP contribution >= 0.6 is 23.5 Å². The van der Waals surface area contributed by atoms with Crippen LogP contribution in [0.3, 0.4) is 0 Å². The van der Waals surface area contributed by atoms with E-state index in [0.29, 0.717) is 16.4 Å². The Hall–Kier alpha value is 0.355. The van der Waals surface area contributed by atoms with E-state index in [2.05, 4.69) is 12.5 Å². The van der Waals surface area contributed by atoms with E-state index < -0.39 is 7.12 Å². The van der Waals surface area contributed by atoms with Gasteiger partial charge in [0.05, 0.1) is 9.83 Å². The first-order chi connectivity index (χ1) is 7.67. The van der Waals surface area contributed by atoms with Crippen molar-refractivity contribution >= 4 is 36.9 Å². The second kappa shape index (κ2) is 5.33. The fourth-order valence-electron chi connectivity index (χ4n) is 2.91. The Balaban J connectivity index is 2.07. The predicted octanol–water partition coefficient (Wildman–Crippen LogP) is 1.16. The molecule has 0 aromatic heterocycles. The largest absolute Gasteiger partial charge is 0.454 e. The van der Waals surface area contributed by atoms with Crippen molar-refractivity contribution in [2.24, 2.45) is 11.8 Å². The van der Waals surface area contributed by atoms with Crippen LogP contribution in [-0.2, 0) is 4.79 Å². The molecule has 2 fully saturated rings. The van der Waals surface area contributed by atoms with Crippen LogP contribution in [0.2, 0.25) is 5.82 Å². The molecule has 0 aromatic carbocycles. The van der Waals surface area contributed by atoms with Gasteiger partial charge in [-0.1, -0.05) is 6.42 Å². The summed E-state index contributed by atoms with van der Waals surface area (Å²) in [7, 11) is -1.20. The molecule has 1 aliphatic heterocycles. The normalized spacial score (nSPS) is 42.8. The van der Waals surface area contributed by atoms with Crippen molar-refractivity contribution in [1.29, 1.82) is 0 Å². The molecule has 1 heterocycles. The molecule has 1 saturated carbocycles. The Morgan fingerprint density at radius 2 is 2.12 bits per heavy atom. The van der Waals surface area contributed by atoms with Crippen LogP contribution in [0.25, 0.3) is 0 Å². The topological polar surface area (TPSA) is 57.5 Å². The third-order valence-electron chi connectivity index (χ3n) is 3.78. The first-order valence-electron chi connectivity index (χ1n) is 5.59. The first-order valence-corrected chi connectivity index (χ1v) is 7.82. The molecule has 0 spiro atoms. The van der Waals surface area contributed by atoms with Crippen LogP contribution in [0.1, 0.15) is 19.3 Å². The van der Waals surface area contributed by atoms with Gasteiger partial charge in [-0.2, -0.15) is 11.8 Å². The Labute approximate surface area is 105 Å². The summed E-state index contributed by atoms with van der Waals surface area (Å²) in [5.41, 5.74) is 0. The molecule has 2 N–H and O–H groups in total. The maximum atomic E-state index is 10.9. The van der Waals surface area contributed by atoms with Crippen molar-refractivity contribution < 1.29 is 14.8 Å². The van der Waals surface area contributed by atoms with Gasteiger partial charge in [0.1, 0.15) is 0 Å². The summed E-state index contributed by atoms with van der Waals surface area (Å²) >= 11 is 3.48. The lowest BCUT2D eigenvalue weighted by Crippen LogP contribution is -2.33. The van der Waals surface area contributed by atoms with Gasteiger partial charge in [0.25, 0.3) is 0 Å². The molecule has 2 aliphatic rings. The number of fused-ring (bicyclic) bond motifs is 1. The summed E-state index contributed by atoms with van der Waals surface area (Å²) in [6.45, 7) is 0. The van der Waals surface area contributed by atoms with Crippen molar-refractivity contribution in [3.8, 4) is 0 Å². The van der Waals surface area contributed by atoms with Crippen LogP contribution < -0.4 is 0 Å². The molecule has 1 aliphatic carbocycles. The summed E-state index contributed by atoms with van der Waals surface area (Å²) in [6, 6.07) is 0. The van der Waals surface area contributed by atoms with Gasteiger partial charge in [-0.25, -0.2) is 0 Å². The van der Waals surface area contributed by atoms with E-state index in [9.17, 15) is 14.8 Å². The molecule has 0 aromatic rings. The highest BCUT2D eigenvalue weighted by Crippen LogP contribution is 2.55. The van der Waals surface area contributed by atoms with Gasteiger partial charge in [-0.15, -0.1) is 11.8 Å². The quantitative estimate of drug-likeness (QED) is 0.745. The van der Waals surface area contributed by atoms with Crippen molar-refractivity contribution in [3.05, 3.63) is 0 Å². The van der Waals surface area contributed by atoms with Crippen molar-refractivity contribution in [3.63, 3.8) is 0 Å². The van der Waals surface area contributed by atoms with E-state index in [1.807, 2.05) is 0 Å². The molecule has 3 nitrogen and oxygen atoms in total. The monoisotopic (exact) mass is 259 g/mol. The minimum atomic E-state index is -1.20. The van der Waals surface area contributed by atoms with Gasteiger partial charge in [0.15, 0.2) is 0 Å². The highest BCUT2D eigenvalue weighted by atomic mass is 32.2. The number of rotatable bonds is 3. The van der Waals surface area contributed by atoms with Gasteiger partial charge in [-0.3, -0.25) is 4.79 Å². The lowest BCUT2D eigenvalue weighted by Gasteiger charge is -2.33. The molecule has 5 atom stereocenters. The second-order valence-corrected chi connectivity index (χ2v) is 7.16. The second-order valence-electron chi connectivity index (χ2n) is 4.59. The van der Waals surface area contributed by atoms with Crippen molar-refractivity contribution in [1.82, 2.24) is 0 Å². The number of carbonyl (C=O) groups excluding carboxylic acids is 1. The molecular formula is C10H16BO3S2. The lowest BCUT2D eigenvalue weighted by atomic mass is 9.60. The number of hydrogen-bond acceptors (Lipinski definition) is 5. The van der Waals surface area contributed by atoms with Crippen LogP contribution in [-0.4, -0.2) is 39.5 Å². The fourth-order valence-corrected chi connectivity index (χ4v) is 5.78. The molecule has 1 radical (unpaired) electrons. The summed E-state index contributed by atoms with van der Waals surface area (Å²) in [5.74, 6) is 0.823. The van der Waals surface area contributed by atoms with E-state index in [1.165, 1.54) is 0 Å². The van der Waals surface area contributed by atoms with E-state index in [4.69, 9.17) is 0 Å². The van der Waals surface area contributed by atoms with Gasteiger partial charge in [0.2, 0.25) is 6.29 Å². The average molecular weight is 259 g/mol. The number of thioether (sulfide) groups is 2. The van der Waals surface area contributed by atoms with Crippen LogP contribution in [0.4, 0.5) is 0 Å². The molecule has 0 amide bonds. The molecule has 1 saturated heterocycles. The SMILES string of the molecule is CSC1SC([C]=O)C2CCC(B(O)O)CC12. The zero-order valence-corrected chi connectivity index (χ0v) is 10.8. The molecule has 89 valence electrons. The summed E-state index contributed by atoms with van der Waals surface area (Å²) in [6.07, 6.45) is 6.78. The smallest absolute Gasteiger partial charge is 0.427 e. The third kappa shape index (κ3) is 2.30. The van der Waals surface area contributed by atoms with Crippen LogP contribution in [0.5, 0.6) is 0 Å². The van der Waals surface area contributed by atoms with Crippen molar-refractivity contribution in [2.75, 3.05) is 6.26 Å². The molecule has 16 heavy (non-hydrogen) atoms. The predicted molar refractivity (Wildman–Crippen MR) is 69.1 cm³/mol. The van der Waals surface area contributed by atoms with E-state index in [-0.39, 0.29) is 11.1 Å². The van der Waals surface area contributed by atoms with E-state index in [0.717, 1.165) is 19.3 Å². The van der Waals surface area contributed by atoms with Crippen LogP contribution in [0.15, 0.2) is 0 Å². The summed E-state index contributed by atoms with van der Waals surface area (Å²) < 4.78 is 0.415. The Kier molecular flexibility index (Phi) is 4.27. The van der Waals surface area contributed by atoms with Gasteiger partial charge in [0, 0.05) is 0 Å². The molecule has 0 bridgehead atoms. The molecule has 5 unspecified atom stereocenters. The highest BCUT2D eigenvalue weighted by Gasteiger charge is 2.48. The summed E-state index contributed by atoms with van der Waals surface area (Å²) in [4.78, 5) is 10.9. The van der Waals surface area contributed by atoms with Crippen LogP contribution in [0, 0.1) is 11.8 Å². The van der Waals surface area contributed by atoms with E-state index in [1.54, 1.807) is 23.5 Å². The fraction of sp³-hybridized carbons (Fsp3) is 0.900. The molecule has 2 rings (SSSR count). The standard InChI is InChI=1S/C10H16BO3S2/c1-15-10-8-4-6(11(13)14)2-3-7(8)9(5-12)16-10/h6-10,13-14H,2-4H2,1H3. The molecule has 6 heteroatoms. The summed E-state index contributed by atoms with van der Waals surface area (Å²) in [5, 5.41) is 18.5. The zero-order chi connectivity index (χ0) is 11.7. The lowest BCUT2D eigenvalue weighted by molar-refractivity contribution is 0.249. The van der Waals surface area contributed by atoms with Gasteiger partial charge >= 0.3 is 7.12 Å². The average Bonchev–Trinajstić information content (AvgIpc) is 2.65. The Bertz CT molecular complexity index is 264. The van der Waals surface area contributed by atoms with Gasteiger partial charge < -0.3 is 10.0 Å². The highest BCUT2D eigenvalue weighted by molar-refractivity contribution is 8.17. The van der Waals surface area contributed by atoms with Crippen molar-refractivity contribution in [2.45, 2.75) is 34.9 Å². The minimum Gasteiger partial charge on any atom is -0.427 e. The maximum absolute atomic E-state index is 10.9. The molecular weight excluding hydrogens is 243 g/mol. The minimum absolute atomic E-state index is 0.000708.